The molecule has 0 saturated carbocycles. The summed E-state index contributed by atoms with van der Waals surface area (Å²) in [7, 11) is 0. The van der Waals surface area contributed by atoms with Crippen LogP contribution in [0.4, 0.5) is 13.2 Å². The highest BCUT2D eigenvalue weighted by molar-refractivity contribution is 5.94. The van der Waals surface area contributed by atoms with Gasteiger partial charge in [-0.2, -0.15) is 23.4 Å². The van der Waals surface area contributed by atoms with Gasteiger partial charge in [-0.3, -0.25) is 9.48 Å². The number of aromatic nitrogens is 4. The molecule has 0 aliphatic rings. The van der Waals surface area contributed by atoms with E-state index in [0.717, 1.165) is 6.20 Å². The van der Waals surface area contributed by atoms with E-state index < -0.39 is 23.4 Å². The summed E-state index contributed by atoms with van der Waals surface area (Å²) in [4.78, 5) is 24.1. The number of nitrogens with one attached hydrogen (secondary N) is 1. The number of carbonyl (C=O) groups excluding carboxylic acids is 2. The predicted octanol–water partition coefficient (Wildman–Crippen LogP) is 3.08. The van der Waals surface area contributed by atoms with Crippen LogP contribution in [0, 0.1) is 0 Å². The topological polar surface area (TPSA) is 91.0 Å². The Bertz CT molecular complexity index is 1030. The molecule has 8 nitrogen and oxygen atoms in total. The fourth-order valence-corrected chi connectivity index (χ4v) is 2.91. The van der Waals surface area contributed by atoms with Crippen molar-refractivity contribution in [1.29, 1.82) is 0 Å². The molecular formula is C20H20F3N5O3. The number of carbonyl (C=O) groups is 2. The van der Waals surface area contributed by atoms with Gasteiger partial charge in [-0.1, -0.05) is 0 Å². The number of amides is 1. The monoisotopic (exact) mass is 435 g/mol. The maximum absolute atomic E-state index is 13.6. The third-order valence-corrected chi connectivity index (χ3v) is 4.32. The van der Waals surface area contributed by atoms with Crippen molar-refractivity contribution in [1.82, 2.24) is 24.9 Å². The number of ether oxygens (including phenoxy) is 1. The first-order chi connectivity index (χ1) is 14.8. The average molecular weight is 435 g/mol. The van der Waals surface area contributed by atoms with Crippen LogP contribution in [0.15, 0.2) is 48.9 Å². The number of hydrogen-bond donors (Lipinski definition) is 1. The molecule has 0 aliphatic carbocycles. The summed E-state index contributed by atoms with van der Waals surface area (Å²) >= 11 is 0. The Hall–Kier alpha value is -3.63. The Kier molecular flexibility index (Phi) is 6.73. The number of nitrogens with zero attached hydrogens (tertiary/aromatic N) is 4. The van der Waals surface area contributed by atoms with E-state index in [1.54, 1.807) is 16.9 Å². The molecule has 0 fully saturated rings. The van der Waals surface area contributed by atoms with E-state index in [1.807, 2.05) is 6.20 Å². The van der Waals surface area contributed by atoms with Crippen molar-refractivity contribution in [2.75, 3.05) is 13.2 Å². The lowest BCUT2D eigenvalue weighted by molar-refractivity contribution is -0.143. The Morgan fingerprint density at radius 3 is 2.52 bits per heavy atom. The molecule has 0 spiro atoms. The highest BCUT2D eigenvalue weighted by atomic mass is 19.4. The summed E-state index contributed by atoms with van der Waals surface area (Å²) < 4.78 is 47.8. The number of alkyl halides is 3. The van der Waals surface area contributed by atoms with Crippen molar-refractivity contribution in [3.8, 4) is 5.69 Å². The predicted molar refractivity (Wildman–Crippen MR) is 104 cm³/mol. The quantitative estimate of drug-likeness (QED) is 0.434. The Balaban J connectivity index is 1.70. The average Bonchev–Trinajstić information content (AvgIpc) is 3.41. The second-order valence-corrected chi connectivity index (χ2v) is 6.46. The van der Waals surface area contributed by atoms with Gasteiger partial charge in [-0.15, -0.1) is 0 Å². The number of halogens is 3. The van der Waals surface area contributed by atoms with Gasteiger partial charge in [0.2, 0.25) is 0 Å². The minimum atomic E-state index is -4.83. The molecule has 1 aromatic carbocycles. The zero-order valence-corrected chi connectivity index (χ0v) is 16.6. The van der Waals surface area contributed by atoms with E-state index >= 15 is 0 Å². The Morgan fingerprint density at radius 2 is 1.90 bits per heavy atom. The van der Waals surface area contributed by atoms with Crippen molar-refractivity contribution in [3.63, 3.8) is 0 Å². The maximum Gasteiger partial charge on any atom is 0.434 e. The fourth-order valence-electron chi connectivity index (χ4n) is 2.91. The fraction of sp³-hybridized carbons (Fsp3) is 0.300. The van der Waals surface area contributed by atoms with Gasteiger partial charge in [0, 0.05) is 31.0 Å². The van der Waals surface area contributed by atoms with Crippen molar-refractivity contribution >= 4 is 11.9 Å². The Labute approximate surface area is 175 Å². The van der Waals surface area contributed by atoms with Gasteiger partial charge >= 0.3 is 12.1 Å². The van der Waals surface area contributed by atoms with Gasteiger partial charge in [0.25, 0.3) is 5.91 Å². The van der Waals surface area contributed by atoms with E-state index in [-0.39, 0.29) is 23.8 Å². The molecule has 0 atom stereocenters. The number of aryl methyl sites for hydroxylation is 1. The first-order valence-corrected chi connectivity index (χ1v) is 9.49. The summed E-state index contributed by atoms with van der Waals surface area (Å²) in [5, 5.41) is 10.5. The van der Waals surface area contributed by atoms with Crippen LogP contribution in [0.25, 0.3) is 5.69 Å². The molecule has 1 amide bonds. The van der Waals surface area contributed by atoms with Crippen molar-refractivity contribution in [3.05, 3.63) is 65.7 Å². The minimum absolute atomic E-state index is 0.0538. The standard InChI is InChI=1S/C20H20F3N5O3/c1-2-31-19(30)16-13-26-28(17(16)20(21,22)23)15-7-5-14(6-8-15)18(29)24-9-3-11-27-12-4-10-25-27/h4-8,10,12-13H,2-3,9,11H2,1H3,(H,24,29). The molecule has 164 valence electrons. The van der Waals surface area contributed by atoms with Crippen LogP contribution in [-0.4, -0.2) is 44.6 Å². The molecule has 31 heavy (non-hydrogen) atoms. The smallest absolute Gasteiger partial charge is 0.434 e. The van der Waals surface area contributed by atoms with Gasteiger partial charge in [0.05, 0.1) is 18.5 Å². The molecular weight excluding hydrogens is 415 g/mol. The van der Waals surface area contributed by atoms with Gasteiger partial charge in [0.15, 0.2) is 5.69 Å². The van der Waals surface area contributed by atoms with Gasteiger partial charge in [0.1, 0.15) is 5.56 Å². The third kappa shape index (κ3) is 5.30. The molecule has 0 saturated heterocycles. The van der Waals surface area contributed by atoms with Gasteiger partial charge < -0.3 is 10.1 Å². The summed E-state index contributed by atoms with van der Waals surface area (Å²) in [6.07, 6.45) is 0.145. The molecule has 0 radical (unpaired) electrons. The zero-order chi connectivity index (χ0) is 22.4. The normalized spacial score (nSPS) is 11.4. The van der Waals surface area contributed by atoms with E-state index in [0.29, 0.717) is 24.2 Å². The van der Waals surface area contributed by atoms with Gasteiger partial charge in [-0.05, 0) is 43.7 Å². The lowest BCUT2D eigenvalue weighted by Gasteiger charge is -2.13. The van der Waals surface area contributed by atoms with E-state index in [1.165, 1.54) is 31.2 Å². The molecule has 1 N–H and O–H groups in total. The largest absolute Gasteiger partial charge is 0.462 e. The summed E-state index contributed by atoms with van der Waals surface area (Å²) in [5.74, 6) is -1.46. The minimum Gasteiger partial charge on any atom is -0.462 e. The van der Waals surface area contributed by atoms with Crippen LogP contribution in [0.3, 0.4) is 0 Å². The molecule has 11 heteroatoms. The lowest BCUT2D eigenvalue weighted by atomic mass is 10.2. The van der Waals surface area contributed by atoms with Crippen molar-refractivity contribution in [2.24, 2.45) is 0 Å². The third-order valence-electron chi connectivity index (χ3n) is 4.32. The number of rotatable bonds is 8. The molecule has 0 bridgehead atoms. The van der Waals surface area contributed by atoms with Crippen molar-refractivity contribution < 1.29 is 27.5 Å². The van der Waals surface area contributed by atoms with Crippen LogP contribution in [0.2, 0.25) is 0 Å². The highest BCUT2D eigenvalue weighted by Gasteiger charge is 2.41. The SMILES string of the molecule is CCOC(=O)c1cnn(-c2ccc(C(=O)NCCCn3cccn3)cc2)c1C(F)(F)F. The van der Waals surface area contributed by atoms with Crippen LogP contribution in [0.5, 0.6) is 0 Å². The summed E-state index contributed by atoms with van der Waals surface area (Å²) in [5.41, 5.74) is -1.57. The number of esters is 1. The van der Waals surface area contributed by atoms with E-state index in [9.17, 15) is 22.8 Å². The van der Waals surface area contributed by atoms with Gasteiger partial charge in [-0.25, -0.2) is 9.48 Å². The molecule has 0 unspecified atom stereocenters. The van der Waals surface area contributed by atoms with Crippen LogP contribution in [0.1, 0.15) is 39.8 Å². The number of benzene rings is 1. The van der Waals surface area contributed by atoms with Crippen LogP contribution < -0.4 is 5.32 Å². The first-order valence-electron chi connectivity index (χ1n) is 9.49. The summed E-state index contributed by atoms with van der Waals surface area (Å²) in [6.45, 7) is 2.50. The second-order valence-electron chi connectivity index (χ2n) is 6.46. The first kappa shape index (κ1) is 22.1. The van der Waals surface area contributed by atoms with E-state index in [4.69, 9.17) is 0 Å². The van der Waals surface area contributed by atoms with Crippen molar-refractivity contribution in [2.45, 2.75) is 26.1 Å². The molecule has 3 aromatic rings. The molecule has 2 aromatic heterocycles. The molecule has 2 heterocycles. The summed E-state index contributed by atoms with van der Waals surface area (Å²) in [6, 6.07) is 7.25. The lowest BCUT2D eigenvalue weighted by Crippen LogP contribution is -2.25. The van der Waals surface area contributed by atoms with Crippen LogP contribution >= 0.6 is 0 Å². The van der Waals surface area contributed by atoms with Crippen LogP contribution in [-0.2, 0) is 17.5 Å². The number of hydrogen-bond acceptors (Lipinski definition) is 5. The molecule has 3 rings (SSSR count). The molecule has 0 aliphatic heterocycles. The highest BCUT2D eigenvalue weighted by Crippen LogP contribution is 2.34. The van der Waals surface area contributed by atoms with E-state index in [2.05, 4.69) is 20.3 Å². The maximum atomic E-state index is 13.6. The second kappa shape index (κ2) is 9.45. The zero-order valence-electron chi connectivity index (χ0n) is 16.6. The Morgan fingerprint density at radius 1 is 1.16 bits per heavy atom.